The third-order valence-corrected chi connectivity index (χ3v) is 3.61. The molecular weight excluding hydrogens is 289 g/mol. The molecule has 0 aliphatic heterocycles. The first-order valence-electron chi connectivity index (χ1n) is 4.72. The van der Waals surface area contributed by atoms with Gasteiger partial charge in [-0.15, -0.1) is 11.8 Å². The topological polar surface area (TPSA) is 12.9 Å². The molecule has 0 aliphatic carbocycles. The first kappa shape index (κ1) is 11.6. The normalized spacial score (nSPS) is 10.4. The van der Waals surface area contributed by atoms with Gasteiger partial charge in [0.15, 0.2) is 0 Å². The molecule has 0 radical (unpaired) electrons. The van der Waals surface area contributed by atoms with Crippen molar-refractivity contribution < 1.29 is 4.39 Å². The van der Waals surface area contributed by atoms with E-state index in [0.717, 1.165) is 9.37 Å². The van der Waals surface area contributed by atoms with Crippen LogP contribution in [0.5, 0.6) is 0 Å². The predicted octanol–water partition coefficient (Wildman–Crippen LogP) is 4.28. The summed E-state index contributed by atoms with van der Waals surface area (Å²) in [5, 5.41) is 0. The molecule has 0 bridgehead atoms. The van der Waals surface area contributed by atoms with E-state index in [-0.39, 0.29) is 5.82 Å². The van der Waals surface area contributed by atoms with Gasteiger partial charge in [-0.1, -0.05) is 22.0 Å². The molecule has 1 aromatic heterocycles. The highest BCUT2D eigenvalue weighted by molar-refractivity contribution is 9.10. The zero-order valence-electron chi connectivity index (χ0n) is 8.36. The zero-order valence-corrected chi connectivity index (χ0v) is 10.8. The Morgan fingerprint density at radius 2 is 1.94 bits per heavy atom. The smallest absolute Gasteiger partial charge is 0.128 e. The van der Waals surface area contributed by atoms with Gasteiger partial charge in [0, 0.05) is 27.5 Å². The summed E-state index contributed by atoms with van der Waals surface area (Å²) in [6, 6.07) is 8.98. The highest BCUT2D eigenvalue weighted by Crippen LogP contribution is 2.24. The van der Waals surface area contributed by atoms with Crippen molar-refractivity contribution in [2.45, 2.75) is 10.6 Å². The molecule has 0 amide bonds. The molecule has 0 spiro atoms. The maximum Gasteiger partial charge on any atom is 0.128 e. The summed E-state index contributed by atoms with van der Waals surface area (Å²) in [5.74, 6) is 0.458. The molecule has 0 saturated carbocycles. The van der Waals surface area contributed by atoms with Gasteiger partial charge in [-0.05, 0) is 29.8 Å². The number of hydrogen-bond acceptors (Lipinski definition) is 2. The Hall–Kier alpha value is -0.870. The average Bonchev–Trinajstić information content (AvgIpc) is 2.29. The molecule has 1 nitrogen and oxygen atoms in total. The maximum atomic E-state index is 13.5. The highest BCUT2D eigenvalue weighted by Gasteiger charge is 2.03. The van der Waals surface area contributed by atoms with Crippen LogP contribution in [0.25, 0.3) is 0 Å². The zero-order chi connectivity index (χ0) is 11.4. The number of hydrogen-bond donors (Lipinski definition) is 0. The molecule has 2 aromatic rings. The van der Waals surface area contributed by atoms with Crippen LogP contribution in [0.1, 0.15) is 5.56 Å². The van der Waals surface area contributed by atoms with Crippen molar-refractivity contribution in [2.75, 3.05) is 0 Å². The van der Waals surface area contributed by atoms with Gasteiger partial charge in [-0.3, -0.25) is 4.98 Å². The Morgan fingerprint density at radius 3 is 2.62 bits per heavy atom. The van der Waals surface area contributed by atoms with Crippen LogP contribution in [0.15, 0.2) is 52.1 Å². The van der Waals surface area contributed by atoms with Crippen molar-refractivity contribution in [1.29, 1.82) is 0 Å². The second kappa shape index (κ2) is 5.46. The fourth-order valence-corrected chi connectivity index (χ4v) is 2.44. The number of rotatable bonds is 3. The lowest BCUT2D eigenvalue weighted by Gasteiger charge is -2.03. The largest absolute Gasteiger partial charge is 0.265 e. The van der Waals surface area contributed by atoms with Gasteiger partial charge < -0.3 is 0 Å². The Bertz CT molecular complexity index is 476. The molecule has 0 N–H and O–H groups in total. The number of pyridine rings is 1. The van der Waals surface area contributed by atoms with Gasteiger partial charge in [0.05, 0.1) is 0 Å². The standard InChI is InChI=1S/C12H9BrFNS/c13-10-2-1-9(12(14)7-10)8-16-11-3-5-15-6-4-11/h1-7H,8H2. The van der Waals surface area contributed by atoms with Gasteiger partial charge in [0.1, 0.15) is 5.82 Å². The lowest BCUT2D eigenvalue weighted by Crippen LogP contribution is -1.87. The van der Waals surface area contributed by atoms with Crippen molar-refractivity contribution >= 4 is 27.7 Å². The van der Waals surface area contributed by atoms with Crippen LogP contribution in [0, 0.1) is 5.82 Å². The SMILES string of the molecule is Fc1cc(Br)ccc1CSc1ccncc1. The Morgan fingerprint density at radius 1 is 1.19 bits per heavy atom. The quantitative estimate of drug-likeness (QED) is 0.785. The molecule has 4 heteroatoms. The van der Waals surface area contributed by atoms with Crippen molar-refractivity contribution in [1.82, 2.24) is 4.98 Å². The van der Waals surface area contributed by atoms with Crippen molar-refractivity contribution in [3.8, 4) is 0 Å². The lowest BCUT2D eigenvalue weighted by atomic mass is 10.2. The number of halogens is 2. The van der Waals surface area contributed by atoms with E-state index in [4.69, 9.17) is 0 Å². The second-order valence-electron chi connectivity index (χ2n) is 3.21. The fourth-order valence-electron chi connectivity index (χ4n) is 1.23. The lowest BCUT2D eigenvalue weighted by molar-refractivity contribution is 0.616. The molecule has 0 unspecified atom stereocenters. The molecular formula is C12H9BrFNS. The van der Waals surface area contributed by atoms with Crippen molar-refractivity contribution in [3.63, 3.8) is 0 Å². The van der Waals surface area contributed by atoms with Crippen LogP contribution in [-0.2, 0) is 5.75 Å². The Kier molecular flexibility index (Phi) is 3.96. The van der Waals surface area contributed by atoms with Gasteiger partial charge in [-0.25, -0.2) is 4.39 Å². The first-order valence-corrected chi connectivity index (χ1v) is 6.50. The summed E-state index contributed by atoms with van der Waals surface area (Å²) in [6.07, 6.45) is 3.47. The predicted molar refractivity (Wildman–Crippen MR) is 67.9 cm³/mol. The van der Waals surface area contributed by atoms with Gasteiger partial charge >= 0.3 is 0 Å². The maximum absolute atomic E-state index is 13.5. The average molecular weight is 298 g/mol. The van der Waals surface area contributed by atoms with E-state index in [0.29, 0.717) is 11.3 Å². The molecule has 0 atom stereocenters. The summed E-state index contributed by atoms with van der Waals surface area (Å²) in [7, 11) is 0. The molecule has 0 saturated heterocycles. The second-order valence-corrected chi connectivity index (χ2v) is 5.17. The molecule has 0 fully saturated rings. The minimum Gasteiger partial charge on any atom is -0.265 e. The molecule has 2 rings (SSSR count). The highest BCUT2D eigenvalue weighted by atomic mass is 79.9. The minimum absolute atomic E-state index is 0.170. The molecule has 0 aliphatic rings. The van der Waals surface area contributed by atoms with E-state index in [9.17, 15) is 4.39 Å². The molecule has 1 aromatic carbocycles. The molecule has 1 heterocycles. The number of benzene rings is 1. The number of nitrogens with zero attached hydrogens (tertiary/aromatic N) is 1. The summed E-state index contributed by atoms with van der Waals surface area (Å²) >= 11 is 4.84. The van der Waals surface area contributed by atoms with E-state index in [1.807, 2.05) is 18.2 Å². The summed E-state index contributed by atoms with van der Waals surface area (Å²) < 4.78 is 14.3. The van der Waals surface area contributed by atoms with Crippen LogP contribution in [0.3, 0.4) is 0 Å². The van der Waals surface area contributed by atoms with Crippen molar-refractivity contribution in [3.05, 3.63) is 58.6 Å². The van der Waals surface area contributed by atoms with E-state index >= 15 is 0 Å². The summed E-state index contributed by atoms with van der Waals surface area (Å²) in [4.78, 5) is 5.03. The summed E-state index contributed by atoms with van der Waals surface area (Å²) in [6.45, 7) is 0. The Balaban J connectivity index is 2.05. The van der Waals surface area contributed by atoms with Gasteiger partial charge in [0.2, 0.25) is 0 Å². The first-order chi connectivity index (χ1) is 7.75. The summed E-state index contributed by atoms with van der Waals surface area (Å²) in [5.41, 5.74) is 0.713. The Labute approximate surface area is 106 Å². The fraction of sp³-hybridized carbons (Fsp3) is 0.0833. The van der Waals surface area contributed by atoms with E-state index in [2.05, 4.69) is 20.9 Å². The minimum atomic E-state index is -0.170. The van der Waals surface area contributed by atoms with E-state index in [1.54, 1.807) is 30.2 Å². The van der Waals surface area contributed by atoms with Crippen LogP contribution in [-0.4, -0.2) is 4.98 Å². The van der Waals surface area contributed by atoms with Crippen LogP contribution >= 0.6 is 27.7 Å². The van der Waals surface area contributed by atoms with E-state index in [1.165, 1.54) is 6.07 Å². The third kappa shape index (κ3) is 3.06. The van der Waals surface area contributed by atoms with Gasteiger partial charge in [-0.2, -0.15) is 0 Å². The van der Waals surface area contributed by atoms with Crippen LogP contribution in [0.4, 0.5) is 4.39 Å². The monoisotopic (exact) mass is 297 g/mol. The van der Waals surface area contributed by atoms with Gasteiger partial charge in [0.25, 0.3) is 0 Å². The van der Waals surface area contributed by atoms with Crippen LogP contribution in [0.2, 0.25) is 0 Å². The number of thioether (sulfide) groups is 1. The third-order valence-electron chi connectivity index (χ3n) is 2.06. The van der Waals surface area contributed by atoms with E-state index < -0.39 is 0 Å². The molecule has 16 heavy (non-hydrogen) atoms. The molecule has 82 valence electrons. The number of aromatic nitrogens is 1. The van der Waals surface area contributed by atoms with Crippen molar-refractivity contribution in [2.24, 2.45) is 0 Å². The van der Waals surface area contributed by atoms with Crippen LogP contribution < -0.4 is 0 Å².